The lowest BCUT2D eigenvalue weighted by molar-refractivity contribution is -0.384. The first-order valence-corrected chi connectivity index (χ1v) is 7.36. The van der Waals surface area contributed by atoms with Crippen molar-refractivity contribution in [1.29, 1.82) is 0 Å². The number of anilines is 2. The van der Waals surface area contributed by atoms with Crippen LogP contribution in [0.5, 0.6) is 0 Å². The first kappa shape index (κ1) is 17.1. The number of nitrogens with one attached hydrogen (secondary N) is 2. The van der Waals surface area contributed by atoms with E-state index in [1.807, 2.05) is 0 Å². The van der Waals surface area contributed by atoms with Crippen LogP contribution in [0.15, 0.2) is 36.4 Å². The summed E-state index contributed by atoms with van der Waals surface area (Å²) >= 11 is 11.8. The van der Waals surface area contributed by atoms with E-state index in [9.17, 15) is 14.9 Å². The van der Waals surface area contributed by atoms with Gasteiger partial charge in [0.15, 0.2) is 0 Å². The first-order chi connectivity index (χ1) is 10.9. The lowest BCUT2D eigenvalue weighted by Gasteiger charge is -2.11. The molecule has 0 bridgehead atoms. The second kappa shape index (κ2) is 7.30. The second-order valence-electron chi connectivity index (χ2n) is 4.78. The molecule has 23 heavy (non-hydrogen) atoms. The third kappa shape index (κ3) is 4.58. The molecular weight excluding hydrogens is 341 g/mol. The van der Waals surface area contributed by atoms with E-state index in [-0.39, 0.29) is 18.1 Å². The summed E-state index contributed by atoms with van der Waals surface area (Å²) in [4.78, 5) is 22.2. The van der Waals surface area contributed by atoms with Crippen LogP contribution in [-0.4, -0.2) is 17.4 Å². The highest BCUT2D eigenvalue weighted by atomic mass is 35.5. The number of aryl methyl sites for hydroxylation is 1. The van der Waals surface area contributed by atoms with Gasteiger partial charge in [0, 0.05) is 22.8 Å². The Morgan fingerprint density at radius 1 is 1.17 bits per heavy atom. The van der Waals surface area contributed by atoms with Crippen molar-refractivity contribution >= 4 is 46.2 Å². The van der Waals surface area contributed by atoms with Crippen LogP contribution >= 0.6 is 23.2 Å². The second-order valence-corrected chi connectivity index (χ2v) is 5.63. The van der Waals surface area contributed by atoms with Crippen molar-refractivity contribution in [2.45, 2.75) is 6.92 Å². The molecule has 0 unspecified atom stereocenters. The molecule has 0 spiro atoms. The number of amides is 1. The maximum atomic E-state index is 12.0. The molecule has 120 valence electrons. The molecule has 0 aliphatic carbocycles. The summed E-state index contributed by atoms with van der Waals surface area (Å²) in [5, 5.41) is 17.1. The summed E-state index contributed by atoms with van der Waals surface area (Å²) in [5.74, 6) is -0.333. The van der Waals surface area contributed by atoms with Gasteiger partial charge < -0.3 is 10.6 Å². The minimum Gasteiger partial charge on any atom is -0.376 e. The number of non-ortho nitro benzene ring substituents is 1. The van der Waals surface area contributed by atoms with Gasteiger partial charge in [0.05, 0.1) is 22.2 Å². The fourth-order valence-electron chi connectivity index (χ4n) is 1.87. The van der Waals surface area contributed by atoms with Crippen LogP contribution in [-0.2, 0) is 4.79 Å². The number of halogens is 2. The van der Waals surface area contributed by atoms with Gasteiger partial charge in [-0.15, -0.1) is 0 Å². The Morgan fingerprint density at radius 2 is 1.91 bits per heavy atom. The standard InChI is InChI=1S/C15H13Cl2N3O3/c1-9-2-4-11(20(22)23)7-14(9)18-8-15(21)19-13-5-3-10(16)6-12(13)17/h2-7,18H,8H2,1H3,(H,19,21). The summed E-state index contributed by atoms with van der Waals surface area (Å²) in [5.41, 5.74) is 1.72. The molecule has 2 N–H and O–H groups in total. The third-order valence-corrected chi connectivity index (χ3v) is 3.62. The van der Waals surface area contributed by atoms with Crippen molar-refractivity contribution in [3.63, 3.8) is 0 Å². The quantitative estimate of drug-likeness (QED) is 0.621. The molecule has 0 heterocycles. The Labute approximate surface area is 142 Å². The maximum Gasteiger partial charge on any atom is 0.271 e. The molecular formula is C15H13Cl2N3O3. The van der Waals surface area contributed by atoms with Gasteiger partial charge in [0.1, 0.15) is 0 Å². The zero-order valence-corrected chi connectivity index (χ0v) is 13.6. The van der Waals surface area contributed by atoms with Crippen molar-refractivity contribution in [3.8, 4) is 0 Å². The molecule has 0 aliphatic heterocycles. The van der Waals surface area contributed by atoms with Crippen molar-refractivity contribution in [2.24, 2.45) is 0 Å². The number of carbonyl (C=O) groups excluding carboxylic acids is 1. The lowest BCUT2D eigenvalue weighted by atomic mass is 10.2. The van der Waals surface area contributed by atoms with E-state index in [2.05, 4.69) is 10.6 Å². The smallest absolute Gasteiger partial charge is 0.271 e. The van der Waals surface area contributed by atoms with Gasteiger partial charge in [-0.25, -0.2) is 0 Å². The number of rotatable bonds is 5. The molecule has 0 saturated heterocycles. The monoisotopic (exact) mass is 353 g/mol. The molecule has 8 heteroatoms. The largest absolute Gasteiger partial charge is 0.376 e. The molecule has 0 fully saturated rings. The van der Waals surface area contributed by atoms with E-state index in [0.717, 1.165) is 5.56 Å². The van der Waals surface area contributed by atoms with E-state index in [1.165, 1.54) is 18.2 Å². The number of hydrogen-bond donors (Lipinski definition) is 2. The fraction of sp³-hybridized carbons (Fsp3) is 0.133. The van der Waals surface area contributed by atoms with E-state index in [0.29, 0.717) is 21.4 Å². The van der Waals surface area contributed by atoms with Crippen LogP contribution in [0.3, 0.4) is 0 Å². The predicted molar refractivity (Wildman–Crippen MR) is 91.4 cm³/mol. The zero-order valence-electron chi connectivity index (χ0n) is 12.1. The van der Waals surface area contributed by atoms with Gasteiger partial charge in [0.25, 0.3) is 5.69 Å². The topological polar surface area (TPSA) is 84.3 Å². The van der Waals surface area contributed by atoms with Crippen LogP contribution in [0, 0.1) is 17.0 Å². The van der Waals surface area contributed by atoms with Crippen molar-refractivity contribution in [2.75, 3.05) is 17.2 Å². The Morgan fingerprint density at radius 3 is 2.57 bits per heavy atom. The number of nitrogens with zero attached hydrogens (tertiary/aromatic N) is 1. The molecule has 0 radical (unpaired) electrons. The highest BCUT2D eigenvalue weighted by molar-refractivity contribution is 6.36. The molecule has 2 rings (SSSR count). The molecule has 1 amide bonds. The highest BCUT2D eigenvalue weighted by Crippen LogP contribution is 2.25. The van der Waals surface area contributed by atoms with E-state index in [1.54, 1.807) is 25.1 Å². The van der Waals surface area contributed by atoms with Gasteiger partial charge >= 0.3 is 0 Å². The van der Waals surface area contributed by atoms with Crippen LogP contribution in [0.4, 0.5) is 17.1 Å². The third-order valence-electron chi connectivity index (χ3n) is 3.08. The Kier molecular flexibility index (Phi) is 5.41. The molecule has 2 aromatic carbocycles. The Balaban J connectivity index is 2.02. The molecule has 0 aromatic heterocycles. The average molecular weight is 354 g/mol. The van der Waals surface area contributed by atoms with Crippen molar-refractivity contribution in [3.05, 3.63) is 62.1 Å². The summed E-state index contributed by atoms with van der Waals surface area (Å²) in [6, 6.07) is 9.15. The minimum absolute atomic E-state index is 0.0424. The Bertz CT molecular complexity index is 766. The number of nitro groups is 1. The summed E-state index contributed by atoms with van der Waals surface area (Å²) in [6.07, 6.45) is 0. The molecule has 2 aromatic rings. The van der Waals surface area contributed by atoms with Gasteiger partial charge in [-0.1, -0.05) is 29.3 Å². The molecule has 0 saturated carbocycles. The zero-order chi connectivity index (χ0) is 17.0. The summed E-state index contributed by atoms with van der Waals surface area (Å²) in [6.45, 7) is 1.74. The van der Waals surface area contributed by atoms with Gasteiger partial charge in [-0.2, -0.15) is 0 Å². The van der Waals surface area contributed by atoms with E-state index < -0.39 is 4.92 Å². The van der Waals surface area contributed by atoms with Crippen LogP contribution in [0.25, 0.3) is 0 Å². The van der Waals surface area contributed by atoms with E-state index in [4.69, 9.17) is 23.2 Å². The lowest BCUT2D eigenvalue weighted by Crippen LogP contribution is -2.22. The van der Waals surface area contributed by atoms with Gasteiger partial charge in [-0.3, -0.25) is 14.9 Å². The molecule has 6 nitrogen and oxygen atoms in total. The van der Waals surface area contributed by atoms with Crippen LogP contribution in [0.2, 0.25) is 10.0 Å². The normalized spacial score (nSPS) is 10.2. The average Bonchev–Trinajstić information content (AvgIpc) is 2.49. The Hall–Kier alpha value is -2.31. The number of nitro benzene ring substituents is 1. The highest BCUT2D eigenvalue weighted by Gasteiger charge is 2.10. The maximum absolute atomic E-state index is 12.0. The predicted octanol–water partition coefficient (Wildman–Crippen LogP) is 4.26. The first-order valence-electron chi connectivity index (χ1n) is 6.60. The SMILES string of the molecule is Cc1ccc([N+](=O)[O-])cc1NCC(=O)Nc1ccc(Cl)cc1Cl. The number of hydrogen-bond acceptors (Lipinski definition) is 4. The van der Waals surface area contributed by atoms with Crippen LogP contribution < -0.4 is 10.6 Å². The minimum atomic E-state index is -0.488. The summed E-state index contributed by atoms with van der Waals surface area (Å²) in [7, 11) is 0. The van der Waals surface area contributed by atoms with Gasteiger partial charge in [-0.05, 0) is 30.7 Å². The molecule has 0 atom stereocenters. The van der Waals surface area contributed by atoms with Crippen molar-refractivity contribution in [1.82, 2.24) is 0 Å². The molecule has 0 aliphatic rings. The number of carbonyl (C=O) groups is 1. The van der Waals surface area contributed by atoms with Crippen LogP contribution in [0.1, 0.15) is 5.56 Å². The van der Waals surface area contributed by atoms with Gasteiger partial charge in [0.2, 0.25) is 5.91 Å². The fourth-order valence-corrected chi connectivity index (χ4v) is 2.33. The van der Waals surface area contributed by atoms with Crippen molar-refractivity contribution < 1.29 is 9.72 Å². The van der Waals surface area contributed by atoms with E-state index >= 15 is 0 Å². The number of benzene rings is 2. The summed E-state index contributed by atoms with van der Waals surface area (Å²) < 4.78 is 0.